The number of phenolic OH excluding ortho intramolecular Hbond substituents is 1. The number of rotatable bonds is 2. The molecule has 8 spiro atoms. The van der Waals surface area contributed by atoms with Crippen LogP contribution in [0.1, 0.15) is 253 Å². The van der Waals surface area contributed by atoms with E-state index in [1.54, 1.807) is 6.92 Å². The molecule has 11 fully saturated rings. The lowest BCUT2D eigenvalue weighted by atomic mass is 9.45. The number of nitrogens with two attached hydrogens (primary N) is 1. The van der Waals surface area contributed by atoms with E-state index in [4.69, 9.17) is 20.2 Å². The van der Waals surface area contributed by atoms with Crippen molar-refractivity contribution in [2.24, 2.45) is 72.8 Å². The molecule has 2 aromatic carbocycles. The van der Waals surface area contributed by atoms with Crippen LogP contribution in [0.4, 0.5) is 0 Å². The summed E-state index contributed by atoms with van der Waals surface area (Å²) in [7, 11) is 4.33. The smallest absolute Gasteiger partial charge is 0.303 e. The number of carbonyl (C=O) groups excluding carboxylic acids is 2. The van der Waals surface area contributed by atoms with Gasteiger partial charge in [-0.05, 0) is 254 Å². The molecule has 0 unspecified atom stereocenters. The maximum Gasteiger partial charge on any atom is 0.303 e. The lowest BCUT2D eigenvalue weighted by molar-refractivity contribution is -0.173. The van der Waals surface area contributed by atoms with Gasteiger partial charge in [0.2, 0.25) is 5.91 Å². The van der Waals surface area contributed by atoms with Crippen molar-refractivity contribution in [3.8, 4) is 11.5 Å². The third-order valence-electron chi connectivity index (χ3n) is 29.3. The number of esters is 1. The Bertz CT molecular complexity index is 3070. The molecule has 0 aromatic heterocycles. The molecule has 13 heteroatoms. The Labute approximate surface area is 526 Å². The highest BCUT2D eigenvalue weighted by Crippen LogP contribution is 2.82. The number of amides is 1. The monoisotopic (exact) mass is 1220 g/mol. The minimum Gasteiger partial charge on any atom is -0.504 e. The fourth-order valence-electron chi connectivity index (χ4n) is 25.6. The molecule has 1 saturated heterocycles. The normalized spacial score (nSPS) is 44.3. The fourth-order valence-corrected chi connectivity index (χ4v) is 29.6. The molecule has 16 atom stereocenters. The number of aryl methyl sites for hydroxylation is 1. The zero-order valence-electron chi connectivity index (χ0n) is 52.4. The van der Waals surface area contributed by atoms with E-state index in [9.17, 15) is 20.1 Å². The summed E-state index contributed by atoms with van der Waals surface area (Å²) < 4.78 is 14.0. The van der Waals surface area contributed by atoms with Gasteiger partial charge in [-0.25, -0.2) is 0 Å². The van der Waals surface area contributed by atoms with Crippen molar-refractivity contribution in [1.29, 1.82) is 0 Å². The molecule has 10 saturated carbocycles. The van der Waals surface area contributed by atoms with Gasteiger partial charge in [-0.2, -0.15) is 0 Å². The number of phenols is 1. The first-order valence-electron chi connectivity index (χ1n) is 35.6. The molecule has 19 rings (SSSR count). The van der Waals surface area contributed by atoms with Crippen molar-refractivity contribution in [2.45, 2.75) is 272 Å². The molecule has 472 valence electrons. The predicted octanol–water partition coefficient (Wildman–Crippen LogP) is 14.9. The number of aliphatic hydroxyl groups excluding tert-OH is 2. The van der Waals surface area contributed by atoms with Crippen molar-refractivity contribution >= 4 is 39.4 Å². The van der Waals surface area contributed by atoms with Gasteiger partial charge in [-0.3, -0.25) is 14.6 Å². The van der Waals surface area contributed by atoms with Crippen LogP contribution in [0, 0.1) is 62.1 Å². The SMILES string of the molecule is CC(=O)O[C@@]12CCc3cc(c(O)c4c3[C@H]3C=C[C@@]5(CCC[C@H]5C3)O4)CN3C[C@]4(CC3=O)[C@@H](CC[C@@H]4c3ccccc3)CN=C(N)N[C@]3(CCCC34CCCC4)SSC[C@H]3CC[C@H](C[C@@]34CC[C@@]3(CC[C@@]5(CC[C@H](O)C5)C3)C43CCCC3)[C@@H](CC1)[C@H](O)C2. The molecule has 17 aliphatic rings. The molecule has 6 aliphatic heterocycles. The van der Waals surface area contributed by atoms with Gasteiger partial charge in [0.05, 0.1) is 12.2 Å². The first-order chi connectivity index (χ1) is 42.1. The van der Waals surface area contributed by atoms with E-state index in [2.05, 4.69) is 75.5 Å². The summed E-state index contributed by atoms with van der Waals surface area (Å²) in [6, 6.07) is 13.1. The second kappa shape index (κ2) is 21.6. The first kappa shape index (κ1) is 58.7. The van der Waals surface area contributed by atoms with E-state index in [0.717, 1.165) is 99.5 Å². The van der Waals surface area contributed by atoms with Crippen molar-refractivity contribution < 1.29 is 34.4 Å². The second-order valence-corrected chi connectivity index (χ2v) is 35.3. The van der Waals surface area contributed by atoms with Crippen LogP contribution in [0.2, 0.25) is 0 Å². The van der Waals surface area contributed by atoms with Gasteiger partial charge in [0.1, 0.15) is 16.1 Å². The maximum absolute atomic E-state index is 15.1. The molecular formula is C74H102N4O7S2. The Hall–Kier alpha value is -3.39. The van der Waals surface area contributed by atoms with Crippen LogP contribution in [0.25, 0.3) is 0 Å². The number of aliphatic hydroxyl groups is 2. The number of hydrogen-bond donors (Lipinski definition) is 5. The van der Waals surface area contributed by atoms with Crippen LogP contribution in [-0.4, -0.2) is 85.2 Å². The summed E-state index contributed by atoms with van der Waals surface area (Å²) in [6.45, 7) is 2.97. The molecule has 11 nitrogen and oxygen atoms in total. The highest BCUT2D eigenvalue weighted by Gasteiger charge is 2.73. The van der Waals surface area contributed by atoms with Crippen LogP contribution in [0.15, 0.2) is 53.5 Å². The zero-order chi connectivity index (χ0) is 59.2. The number of ether oxygens (including phenoxy) is 2. The standard InChI is InChI=1S/C74H102N4O7S2/c1-48(79)84-69-30-18-50-37-53(63(83)64-62(50)51-19-32-72(85-64)25-9-13-54(72)38-51)44-78-47-70(42-61(78)82)55(16-17-59(70)49-11-3-2-4-12-49)43-76-65(75)77-74(28-10-24-67(74)22-5-6-23-67)87-86-45-56-15-14-52(58(21-31-69)60(81)41-69)39-71(56)36-35-68(73(71)26-7-8-27-73)34-33-66(46-68)29-20-57(80)40-66/h2-4,11-12,19,32,37,51-52,54-60,80-81,83H,5-10,13-18,20-31,33-36,38-47H2,1H3,(H3,75,76,77)/t51-,52+,54-,55-,56+,57-,58+,59+,60+,66+,68+,69-,70+,71-,72+,74+/m0/s1. The van der Waals surface area contributed by atoms with Crippen LogP contribution < -0.4 is 15.8 Å². The minimum atomic E-state index is -0.836. The first-order valence-corrected chi connectivity index (χ1v) is 37.9. The van der Waals surface area contributed by atoms with Crippen molar-refractivity contribution in [3.63, 3.8) is 0 Å². The van der Waals surface area contributed by atoms with Crippen LogP contribution in [-0.2, 0) is 27.3 Å². The van der Waals surface area contributed by atoms with Gasteiger partial charge < -0.3 is 40.7 Å². The largest absolute Gasteiger partial charge is 0.504 e. The van der Waals surface area contributed by atoms with E-state index in [1.165, 1.54) is 121 Å². The quantitative estimate of drug-likeness (QED) is 0.110. The van der Waals surface area contributed by atoms with Gasteiger partial charge in [-0.1, -0.05) is 83.7 Å². The summed E-state index contributed by atoms with van der Waals surface area (Å²) in [4.78, 5) is 35.9. The summed E-state index contributed by atoms with van der Waals surface area (Å²) in [5, 5.41) is 41.2. The number of aliphatic imine (C=N–C) groups is 1. The molecular weight excluding hydrogens is 1120 g/mol. The average Bonchev–Trinajstić information content (AvgIpc) is 1.53. The number of benzene rings is 2. The number of hydrogen-bond acceptors (Lipinski definition) is 12. The highest BCUT2D eigenvalue weighted by atomic mass is 33.1. The lowest BCUT2D eigenvalue weighted by Crippen LogP contribution is -2.56. The summed E-state index contributed by atoms with van der Waals surface area (Å²) in [5.41, 5.74) is 11.1. The Kier molecular flexibility index (Phi) is 14.6. The average molecular weight is 1220 g/mol. The van der Waals surface area contributed by atoms with Gasteiger partial charge in [-0.15, -0.1) is 0 Å². The van der Waals surface area contributed by atoms with Crippen molar-refractivity contribution in [2.75, 3.05) is 18.8 Å². The number of allylic oxidation sites excluding steroid dienone is 1. The number of fused-ring (bicyclic) bond motifs is 2. The van der Waals surface area contributed by atoms with Gasteiger partial charge in [0.15, 0.2) is 17.5 Å². The van der Waals surface area contributed by atoms with E-state index in [0.29, 0.717) is 79.1 Å². The molecule has 2 aromatic rings. The number of nitrogens with one attached hydrogen (secondary N) is 1. The number of guanidine groups is 1. The lowest BCUT2D eigenvalue weighted by Gasteiger charge is -2.60. The zero-order valence-corrected chi connectivity index (χ0v) is 54.1. The number of aromatic hydroxyl groups is 1. The molecule has 6 N–H and O–H groups in total. The Morgan fingerprint density at radius 1 is 0.793 bits per heavy atom. The van der Waals surface area contributed by atoms with Gasteiger partial charge in [0.25, 0.3) is 0 Å². The van der Waals surface area contributed by atoms with E-state index in [-0.39, 0.29) is 80.5 Å². The molecule has 10 bridgehead atoms. The minimum absolute atomic E-state index is 0.0779. The van der Waals surface area contributed by atoms with Crippen molar-refractivity contribution in [1.82, 2.24) is 10.2 Å². The summed E-state index contributed by atoms with van der Waals surface area (Å²) >= 11 is 0. The van der Waals surface area contributed by atoms with E-state index in [1.807, 2.05) is 4.90 Å². The molecule has 11 aliphatic carbocycles. The molecule has 0 radical (unpaired) electrons. The number of carbonyl (C=O) groups is 2. The Balaban J connectivity index is 0.795. The third kappa shape index (κ3) is 9.12. The summed E-state index contributed by atoms with van der Waals surface area (Å²) in [5.74, 6) is 4.17. The van der Waals surface area contributed by atoms with Gasteiger partial charge >= 0.3 is 5.97 Å². The molecule has 87 heavy (non-hydrogen) atoms. The predicted molar refractivity (Wildman–Crippen MR) is 345 cm³/mol. The van der Waals surface area contributed by atoms with Crippen molar-refractivity contribution in [3.05, 3.63) is 70.8 Å². The van der Waals surface area contributed by atoms with Crippen LogP contribution in [0.5, 0.6) is 11.5 Å². The molecule has 6 heterocycles. The Morgan fingerprint density at radius 2 is 1.60 bits per heavy atom. The fraction of sp³-hybridized carbons (Fsp3) is 0.770. The van der Waals surface area contributed by atoms with E-state index < -0.39 is 17.3 Å². The highest BCUT2D eigenvalue weighted by molar-refractivity contribution is 8.77. The maximum atomic E-state index is 15.1. The van der Waals surface area contributed by atoms with Crippen LogP contribution in [0.3, 0.4) is 0 Å². The number of nitrogens with zero attached hydrogens (tertiary/aromatic N) is 2. The molecule has 1 amide bonds. The van der Waals surface area contributed by atoms with Gasteiger partial charge in [0, 0.05) is 78.9 Å². The third-order valence-corrected chi connectivity index (χ3v) is 32.6. The van der Waals surface area contributed by atoms with E-state index >= 15 is 4.79 Å². The van der Waals surface area contributed by atoms with Crippen LogP contribution >= 0.6 is 21.6 Å². The Morgan fingerprint density at radius 3 is 2.40 bits per heavy atom. The summed E-state index contributed by atoms with van der Waals surface area (Å²) in [6.07, 6.45) is 40.6. The topological polar surface area (TPSA) is 167 Å². The second-order valence-electron chi connectivity index (χ2n) is 32.7.